The van der Waals surface area contributed by atoms with Gasteiger partial charge in [0.1, 0.15) is 11.0 Å². The predicted molar refractivity (Wildman–Crippen MR) is 78.9 cm³/mol. The van der Waals surface area contributed by atoms with Gasteiger partial charge < -0.3 is 5.32 Å². The first-order chi connectivity index (χ1) is 9.72. The van der Waals surface area contributed by atoms with Crippen LogP contribution in [0, 0.1) is 0 Å². The Balaban J connectivity index is 1.88. The first-order valence-corrected chi connectivity index (χ1v) is 6.39. The molecule has 1 aromatic carbocycles. The summed E-state index contributed by atoms with van der Waals surface area (Å²) >= 11 is 5.78. The van der Waals surface area contributed by atoms with Crippen molar-refractivity contribution >= 4 is 34.2 Å². The minimum absolute atomic E-state index is 0.231. The van der Waals surface area contributed by atoms with Gasteiger partial charge in [-0.3, -0.25) is 9.78 Å². The fraction of sp³-hybridized carbons (Fsp3) is 0. The monoisotopic (exact) mass is 283 g/mol. The number of benzene rings is 1. The number of amides is 1. The van der Waals surface area contributed by atoms with E-state index in [1.54, 1.807) is 36.5 Å². The summed E-state index contributed by atoms with van der Waals surface area (Å²) < 4.78 is 0. The maximum atomic E-state index is 12.2. The molecule has 0 bridgehead atoms. The van der Waals surface area contributed by atoms with Crippen LogP contribution in [-0.4, -0.2) is 15.9 Å². The highest BCUT2D eigenvalue weighted by Crippen LogP contribution is 2.15. The predicted octanol–water partition coefficient (Wildman–Crippen LogP) is 3.54. The zero-order valence-electron chi connectivity index (χ0n) is 10.4. The van der Waals surface area contributed by atoms with Crippen molar-refractivity contribution in [2.45, 2.75) is 0 Å². The van der Waals surface area contributed by atoms with Gasteiger partial charge in [-0.1, -0.05) is 23.7 Å². The Bertz CT molecular complexity index is 789. The number of hydrogen-bond acceptors (Lipinski definition) is 3. The number of nitrogens with one attached hydrogen (secondary N) is 1. The molecule has 20 heavy (non-hydrogen) atoms. The van der Waals surface area contributed by atoms with E-state index in [2.05, 4.69) is 15.3 Å². The molecular formula is C15H10ClN3O. The molecule has 3 aromatic rings. The number of anilines is 1. The molecule has 0 unspecified atom stereocenters. The highest BCUT2D eigenvalue weighted by Gasteiger charge is 2.08. The van der Waals surface area contributed by atoms with Crippen LogP contribution in [0.1, 0.15) is 10.4 Å². The van der Waals surface area contributed by atoms with E-state index < -0.39 is 0 Å². The van der Waals surface area contributed by atoms with Crippen LogP contribution in [0.25, 0.3) is 10.9 Å². The molecule has 3 rings (SSSR count). The van der Waals surface area contributed by atoms with Gasteiger partial charge in [0.05, 0.1) is 5.52 Å². The summed E-state index contributed by atoms with van der Waals surface area (Å²) in [4.78, 5) is 20.4. The van der Waals surface area contributed by atoms with Crippen molar-refractivity contribution in [3.8, 4) is 0 Å². The van der Waals surface area contributed by atoms with Crippen molar-refractivity contribution in [3.05, 3.63) is 65.4 Å². The number of halogens is 1. The summed E-state index contributed by atoms with van der Waals surface area (Å²) in [5.74, 6) is 0.194. The van der Waals surface area contributed by atoms with Gasteiger partial charge in [-0.25, -0.2) is 4.98 Å². The highest BCUT2D eigenvalue weighted by molar-refractivity contribution is 6.29. The quantitative estimate of drug-likeness (QED) is 0.732. The van der Waals surface area contributed by atoms with E-state index in [0.29, 0.717) is 16.5 Å². The first kappa shape index (κ1) is 12.6. The zero-order valence-corrected chi connectivity index (χ0v) is 11.1. The minimum Gasteiger partial charge on any atom is -0.307 e. The van der Waals surface area contributed by atoms with Crippen molar-refractivity contribution in [2.75, 3.05) is 5.32 Å². The van der Waals surface area contributed by atoms with Crippen molar-refractivity contribution in [1.29, 1.82) is 0 Å². The van der Waals surface area contributed by atoms with E-state index >= 15 is 0 Å². The SMILES string of the molecule is O=C(Nc1cccc(Cl)n1)c1ccc2ncccc2c1. The molecule has 0 radical (unpaired) electrons. The lowest BCUT2D eigenvalue weighted by Gasteiger charge is -2.05. The van der Waals surface area contributed by atoms with E-state index in [4.69, 9.17) is 11.6 Å². The van der Waals surface area contributed by atoms with Crippen LogP contribution in [0.3, 0.4) is 0 Å². The second-order valence-corrected chi connectivity index (χ2v) is 4.60. The van der Waals surface area contributed by atoms with Gasteiger partial charge in [-0.2, -0.15) is 0 Å². The van der Waals surface area contributed by atoms with Gasteiger partial charge in [0, 0.05) is 17.1 Å². The molecule has 5 heteroatoms. The molecular weight excluding hydrogens is 274 g/mol. The summed E-state index contributed by atoms with van der Waals surface area (Å²) in [6.07, 6.45) is 1.72. The van der Waals surface area contributed by atoms with Crippen LogP contribution in [0.4, 0.5) is 5.82 Å². The minimum atomic E-state index is -0.231. The molecule has 0 aliphatic heterocycles. The molecule has 0 saturated heterocycles. The molecule has 1 N–H and O–H groups in total. The second-order valence-electron chi connectivity index (χ2n) is 4.21. The summed E-state index contributed by atoms with van der Waals surface area (Å²) in [7, 11) is 0. The average molecular weight is 284 g/mol. The molecule has 0 atom stereocenters. The number of carbonyl (C=O) groups excluding carboxylic acids is 1. The molecule has 4 nitrogen and oxygen atoms in total. The highest BCUT2D eigenvalue weighted by atomic mass is 35.5. The van der Waals surface area contributed by atoms with Crippen LogP contribution in [-0.2, 0) is 0 Å². The first-order valence-electron chi connectivity index (χ1n) is 6.01. The standard InChI is InChI=1S/C15H10ClN3O/c16-13-4-1-5-14(18-13)19-15(20)11-6-7-12-10(9-11)3-2-8-17-12/h1-9H,(H,18,19,20). The molecule has 98 valence electrons. The van der Waals surface area contributed by atoms with Gasteiger partial charge in [0.15, 0.2) is 0 Å². The van der Waals surface area contributed by atoms with E-state index in [9.17, 15) is 4.79 Å². The zero-order chi connectivity index (χ0) is 13.9. The lowest BCUT2D eigenvalue weighted by Crippen LogP contribution is -2.12. The molecule has 0 aliphatic rings. The Morgan fingerprint density at radius 2 is 2.00 bits per heavy atom. The van der Waals surface area contributed by atoms with Crippen LogP contribution < -0.4 is 5.32 Å². The Morgan fingerprint density at radius 3 is 2.85 bits per heavy atom. The summed E-state index contributed by atoms with van der Waals surface area (Å²) in [5, 5.41) is 3.96. The molecule has 2 heterocycles. The summed E-state index contributed by atoms with van der Waals surface area (Å²) in [6.45, 7) is 0. The Kier molecular flexibility index (Phi) is 3.31. The van der Waals surface area contributed by atoms with E-state index in [0.717, 1.165) is 10.9 Å². The van der Waals surface area contributed by atoms with Gasteiger partial charge in [0.25, 0.3) is 5.91 Å². The number of nitrogens with zero attached hydrogens (tertiary/aromatic N) is 2. The van der Waals surface area contributed by atoms with Gasteiger partial charge in [-0.15, -0.1) is 0 Å². The number of rotatable bonds is 2. The van der Waals surface area contributed by atoms with E-state index in [1.807, 2.05) is 18.2 Å². The Labute approximate surface area is 120 Å². The van der Waals surface area contributed by atoms with Gasteiger partial charge in [0.2, 0.25) is 0 Å². The molecule has 2 aromatic heterocycles. The lowest BCUT2D eigenvalue weighted by atomic mass is 10.1. The van der Waals surface area contributed by atoms with Gasteiger partial charge >= 0.3 is 0 Å². The van der Waals surface area contributed by atoms with E-state index in [1.165, 1.54) is 0 Å². The van der Waals surface area contributed by atoms with Gasteiger partial charge in [-0.05, 0) is 36.4 Å². The molecule has 0 fully saturated rings. The summed E-state index contributed by atoms with van der Waals surface area (Å²) in [6, 6.07) is 14.2. The molecule has 0 aliphatic carbocycles. The number of aromatic nitrogens is 2. The maximum Gasteiger partial charge on any atom is 0.256 e. The normalized spacial score (nSPS) is 10.4. The lowest BCUT2D eigenvalue weighted by molar-refractivity contribution is 0.102. The largest absolute Gasteiger partial charge is 0.307 e. The smallest absolute Gasteiger partial charge is 0.256 e. The number of carbonyl (C=O) groups is 1. The molecule has 0 spiro atoms. The van der Waals surface area contributed by atoms with Crippen molar-refractivity contribution in [1.82, 2.24) is 9.97 Å². The van der Waals surface area contributed by atoms with Crippen LogP contribution in [0.2, 0.25) is 5.15 Å². The third-order valence-corrected chi connectivity index (χ3v) is 3.03. The Hall–Kier alpha value is -2.46. The maximum absolute atomic E-state index is 12.2. The van der Waals surface area contributed by atoms with Crippen LogP contribution in [0.15, 0.2) is 54.7 Å². The van der Waals surface area contributed by atoms with Crippen molar-refractivity contribution in [3.63, 3.8) is 0 Å². The van der Waals surface area contributed by atoms with Crippen molar-refractivity contribution in [2.24, 2.45) is 0 Å². The molecule has 1 amide bonds. The van der Waals surface area contributed by atoms with Crippen molar-refractivity contribution < 1.29 is 4.79 Å². The third kappa shape index (κ3) is 2.60. The number of pyridine rings is 2. The third-order valence-electron chi connectivity index (χ3n) is 2.82. The Morgan fingerprint density at radius 1 is 1.10 bits per heavy atom. The fourth-order valence-corrected chi connectivity index (χ4v) is 2.05. The number of hydrogen-bond donors (Lipinski definition) is 1. The fourth-order valence-electron chi connectivity index (χ4n) is 1.88. The molecule has 0 saturated carbocycles. The van der Waals surface area contributed by atoms with E-state index in [-0.39, 0.29) is 5.91 Å². The second kappa shape index (κ2) is 5.27. The number of fused-ring (bicyclic) bond motifs is 1. The topological polar surface area (TPSA) is 54.9 Å². The van der Waals surface area contributed by atoms with Crippen LogP contribution >= 0.6 is 11.6 Å². The van der Waals surface area contributed by atoms with Crippen LogP contribution in [0.5, 0.6) is 0 Å². The summed E-state index contributed by atoms with van der Waals surface area (Å²) in [5.41, 5.74) is 1.40. The average Bonchev–Trinajstić information content (AvgIpc) is 2.47.